The van der Waals surface area contributed by atoms with Crippen LogP contribution in [-0.2, 0) is 27.3 Å². The van der Waals surface area contributed by atoms with Gasteiger partial charge in [-0.15, -0.1) is 0 Å². The van der Waals surface area contributed by atoms with Gasteiger partial charge in [0.1, 0.15) is 18.8 Å². The molecule has 1 amide bonds. The van der Waals surface area contributed by atoms with Crippen LogP contribution >= 0.6 is 0 Å². The molecule has 1 aliphatic rings. The Morgan fingerprint density at radius 3 is 2.58 bits per heavy atom. The van der Waals surface area contributed by atoms with Gasteiger partial charge >= 0.3 is 5.97 Å². The smallest absolute Gasteiger partial charge is 0.310 e. The molecule has 2 aromatic carbocycles. The minimum Gasteiger partial charge on any atom is -0.486 e. The van der Waals surface area contributed by atoms with Crippen molar-refractivity contribution < 1.29 is 28.2 Å². The van der Waals surface area contributed by atoms with Crippen LogP contribution in [0, 0.1) is 13.8 Å². The second-order valence-electron chi connectivity index (χ2n) is 7.76. The van der Waals surface area contributed by atoms with E-state index in [-0.39, 0.29) is 18.9 Å². The zero-order valence-corrected chi connectivity index (χ0v) is 17.9. The molecule has 0 unspecified atom stereocenters. The Labute approximate surface area is 180 Å². The summed E-state index contributed by atoms with van der Waals surface area (Å²) in [4.78, 5) is 26.2. The number of carbonyl (C=O) groups excluding carboxylic acids is 2. The number of aryl methyl sites for hydroxylation is 2. The van der Waals surface area contributed by atoms with Crippen molar-refractivity contribution in [2.24, 2.45) is 0 Å². The van der Waals surface area contributed by atoms with Crippen LogP contribution in [0.1, 0.15) is 22.3 Å². The number of likely N-dealkylation sites (N-methyl/N-ethyl adjacent to an activating group) is 1. The van der Waals surface area contributed by atoms with Crippen molar-refractivity contribution in [1.29, 1.82) is 0 Å². The van der Waals surface area contributed by atoms with E-state index in [0.717, 1.165) is 33.2 Å². The molecule has 0 N–H and O–H groups in total. The number of carbonyl (C=O) groups is 2. The van der Waals surface area contributed by atoms with Crippen molar-refractivity contribution in [2.75, 3.05) is 26.9 Å². The number of esters is 1. The molecule has 7 heteroatoms. The first kappa shape index (κ1) is 20.8. The van der Waals surface area contributed by atoms with E-state index >= 15 is 0 Å². The average Bonchev–Trinajstić information content (AvgIpc) is 3.13. The average molecular weight is 423 g/mol. The Balaban J connectivity index is 1.31. The normalized spacial score (nSPS) is 12.6. The first-order valence-corrected chi connectivity index (χ1v) is 10.2. The van der Waals surface area contributed by atoms with E-state index in [1.165, 1.54) is 4.90 Å². The van der Waals surface area contributed by atoms with Gasteiger partial charge in [-0.1, -0.05) is 6.07 Å². The topological polar surface area (TPSA) is 78.2 Å². The van der Waals surface area contributed by atoms with E-state index in [9.17, 15) is 9.59 Å². The Morgan fingerprint density at radius 2 is 1.77 bits per heavy atom. The van der Waals surface area contributed by atoms with Gasteiger partial charge in [0, 0.05) is 24.5 Å². The lowest BCUT2D eigenvalue weighted by Crippen LogP contribution is -2.31. The summed E-state index contributed by atoms with van der Waals surface area (Å²) in [6.07, 6.45) is 1.62. The molecule has 0 radical (unpaired) electrons. The van der Waals surface area contributed by atoms with E-state index in [2.05, 4.69) is 0 Å². The van der Waals surface area contributed by atoms with E-state index in [0.29, 0.717) is 31.3 Å². The molecule has 0 fully saturated rings. The van der Waals surface area contributed by atoms with Gasteiger partial charge in [-0.05, 0) is 54.8 Å². The summed E-state index contributed by atoms with van der Waals surface area (Å²) < 4.78 is 21.8. The summed E-state index contributed by atoms with van der Waals surface area (Å²) in [5.41, 5.74) is 4.64. The van der Waals surface area contributed by atoms with Crippen LogP contribution in [0.15, 0.2) is 41.0 Å². The Bertz CT molecular complexity index is 1130. The Morgan fingerprint density at radius 1 is 1.03 bits per heavy atom. The number of hydrogen-bond acceptors (Lipinski definition) is 6. The van der Waals surface area contributed by atoms with Crippen LogP contribution in [0.2, 0.25) is 0 Å². The molecule has 0 aliphatic carbocycles. The molecular weight excluding hydrogens is 398 g/mol. The highest BCUT2D eigenvalue weighted by molar-refractivity contribution is 5.87. The fourth-order valence-corrected chi connectivity index (χ4v) is 3.48. The van der Waals surface area contributed by atoms with Gasteiger partial charge in [0.25, 0.3) is 5.91 Å². The zero-order valence-electron chi connectivity index (χ0n) is 17.9. The van der Waals surface area contributed by atoms with Crippen LogP contribution in [-0.4, -0.2) is 43.6 Å². The highest BCUT2D eigenvalue weighted by atomic mass is 16.6. The molecule has 0 atom stereocenters. The molecule has 0 bridgehead atoms. The molecule has 3 aromatic rings. The summed E-state index contributed by atoms with van der Waals surface area (Å²) >= 11 is 0. The number of fused-ring (bicyclic) bond motifs is 2. The van der Waals surface area contributed by atoms with Crippen molar-refractivity contribution in [2.45, 2.75) is 26.8 Å². The summed E-state index contributed by atoms with van der Waals surface area (Å²) in [7, 11) is 1.67. The lowest BCUT2D eigenvalue weighted by molar-refractivity contribution is -0.151. The molecule has 1 aromatic heterocycles. The standard InChI is InChI=1S/C24H25NO6/c1-15-8-19-18(13-30-21(19)9-16(15)2)11-24(27)31-14-23(26)25(3)12-17-4-5-20-22(10-17)29-7-6-28-20/h4-5,8-10,13H,6-7,11-12,14H2,1-3H3. The third-order valence-corrected chi connectivity index (χ3v) is 5.41. The van der Waals surface area contributed by atoms with Crippen LogP contribution in [0.5, 0.6) is 11.5 Å². The lowest BCUT2D eigenvalue weighted by atomic mass is 10.0. The number of furan rings is 1. The van der Waals surface area contributed by atoms with Crippen LogP contribution in [0.4, 0.5) is 0 Å². The monoisotopic (exact) mass is 423 g/mol. The van der Waals surface area contributed by atoms with Gasteiger partial charge in [-0.25, -0.2) is 0 Å². The number of rotatable bonds is 6. The summed E-state index contributed by atoms with van der Waals surface area (Å²) in [6.45, 7) is 5.13. The van der Waals surface area contributed by atoms with Crippen LogP contribution in [0.25, 0.3) is 11.0 Å². The molecule has 31 heavy (non-hydrogen) atoms. The minimum atomic E-state index is -0.470. The number of nitrogens with zero attached hydrogens (tertiary/aromatic N) is 1. The molecule has 7 nitrogen and oxygen atoms in total. The Kier molecular flexibility index (Phi) is 5.84. The SMILES string of the molecule is Cc1cc2occ(CC(=O)OCC(=O)N(C)Cc3ccc4c(c3)OCCO4)c2cc1C. The van der Waals surface area contributed by atoms with Gasteiger partial charge < -0.3 is 23.5 Å². The van der Waals surface area contributed by atoms with Gasteiger partial charge in [0.05, 0.1) is 12.7 Å². The fraction of sp³-hybridized carbons (Fsp3) is 0.333. The summed E-state index contributed by atoms with van der Waals surface area (Å²) in [5.74, 6) is 0.623. The van der Waals surface area contributed by atoms with Crippen molar-refractivity contribution >= 4 is 22.8 Å². The summed E-state index contributed by atoms with van der Waals surface area (Å²) in [6, 6.07) is 9.54. The lowest BCUT2D eigenvalue weighted by Gasteiger charge is -2.21. The van der Waals surface area contributed by atoms with Crippen molar-refractivity contribution in [3.05, 3.63) is 58.8 Å². The number of ether oxygens (including phenoxy) is 3. The largest absolute Gasteiger partial charge is 0.486 e. The predicted octanol–water partition coefficient (Wildman–Crippen LogP) is 3.57. The van der Waals surface area contributed by atoms with Gasteiger partial charge in [-0.3, -0.25) is 9.59 Å². The molecule has 1 aliphatic heterocycles. The van der Waals surface area contributed by atoms with Gasteiger partial charge in [0.2, 0.25) is 0 Å². The fourth-order valence-electron chi connectivity index (χ4n) is 3.48. The molecular formula is C24H25NO6. The second-order valence-corrected chi connectivity index (χ2v) is 7.76. The third kappa shape index (κ3) is 4.66. The molecule has 2 heterocycles. The van der Waals surface area contributed by atoms with Crippen molar-refractivity contribution in [3.8, 4) is 11.5 Å². The first-order valence-electron chi connectivity index (χ1n) is 10.2. The number of benzene rings is 2. The molecule has 162 valence electrons. The van der Waals surface area contributed by atoms with Crippen LogP contribution < -0.4 is 9.47 Å². The zero-order chi connectivity index (χ0) is 22.0. The van der Waals surface area contributed by atoms with Gasteiger partial charge in [-0.2, -0.15) is 0 Å². The minimum absolute atomic E-state index is 0.0503. The van der Waals surface area contributed by atoms with Crippen molar-refractivity contribution in [3.63, 3.8) is 0 Å². The highest BCUT2D eigenvalue weighted by Gasteiger charge is 2.17. The summed E-state index contributed by atoms with van der Waals surface area (Å²) in [5, 5.41) is 0.891. The number of amides is 1. The Hall–Kier alpha value is -3.48. The van der Waals surface area contributed by atoms with E-state index < -0.39 is 5.97 Å². The number of hydrogen-bond donors (Lipinski definition) is 0. The van der Waals surface area contributed by atoms with E-state index in [1.54, 1.807) is 13.3 Å². The molecule has 4 rings (SSSR count). The maximum Gasteiger partial charge on any atom is 0.310 e. The van der Waals surface area contributed by atoms with Crippen molar-refractivity contribution in [1.82, 2.24) is 4.90 Å². The van der Waals surface area contributed by atoms with E-state index in [1.807, 2.05) is 44.2 Å². The maximum absolute atomic E-state index is 12.4. The van der Waals surface area contributed by atoms with Crippen LogP contribution in [0.3, 0.4) is 0 Å². The molecule has 0 spiro atoms. The third-order valence-electron chi connectivity index (χ3n) is 5.41. The van der Waals surface area contributed by atoms with E-state index in [4.69, 9.17) is 18.6 Å². The van der Waals surface area contributed by atoms with Gasteiger partial charge in [0.15, 0.2) is 18.1 Å². The predicted molar refractivity (Wildman–Crippen MR) is 114 cm³/mol. The first-order chi connectivity index (χ1) is 14.9. The molecule has 0 saturated carbocycles. The molecule has 0 saturated heterocycles. The second kappa shape index (κ2) is 8.71. The maximum atomic E-state index is 12.4. The quantitative estimate of drug-likeness (QED) is 0.564. The highest BCUT2D eigenvalue weighted by Crippen LogP contribution is 2.31.